The number of piperidine rings is 1. The van der Waals surface area contributed by atoms with Gasteiger partial charge >= 0.3 is 0 Å². The average Bonchev–Trinajstić information content (AvgIpc) is 3.11. The van der Waals surface area contributed by atoms with Crippen LogP contribution in [0.15, 0.2) is 0 Å². The van der Waals surface area contributed by atoms with Gasteiger partial charge in [-0.2, -0.15) is 0 Å². The van der Waals surface area contributed by atoms with E-state index in [9.17, 15) is 4.79 Å². The van der Waals surface area contributed by atoms with Gasteiger partial charge in [0.05, 0.1) is 22.4 Å². The molecular weight excluding hydrogens is 395 g/mol. The molecule has 146 valence electrons. The largest absolute Gasteiger partial charge is 0.350 e. The first-order valence-electron chi connectivity index (χ1n) is 8.40. The first kappa shape index (κ1) is 22.8. The summed E-state index contributed by atoms with van der Waals surface area (Å²) in [7, 11) is 0. The first-order chi connectivity index (χ1) is 11.6. The molecule has 1 amide bonds. The fourth-order valence-corrected chi connectivity index (χ4v) is 3.89. The van der Waals surface area contributed by atoms with Gasteiger partial charge in [-0.15, -0.1) is 41.2 Å². The van der Waals surface area contributed by atoms with Crippen LogP contribution in [-0.4, -0.2) is 45.5 Å². The molecule has 1 saturated heterocycles. The predicted octanol–water partition coefficient (Wildman–Crippen LogP) is 2.40. The Morgan fingerprint density at radius 2 is 1.96 bits per heavy atom. The third-order valence-corrected chi connectivity index (χ3v) is 5.63. The molecule has 1 fully saturated rings. The fourth-order valence-electron chi connectivity index (χ4n) is 2.96. The van der Waals surface area contributed by atoms with Crippen LogP contribution < -0.4 is 10.6 Å². The van der Waals surface area contributed by atoms with Crippen LogP contribution in [0.4, 0.5) is 0 Å². The Morgan fingerprint density at radius 3 is 2.58 bits per heavy atom. The summed E-state index contributed by atoms with van der Waals surface area (Å²) >= 11 is 1.69. The minimum absolute atomic E-state index is 0. The summed E-state index contributed by atoms with van der Waals surface area (Å²) in [6.07, 6.45) is 2.79. The number of amides is 1. The molecular formula is C16H26Cl2N6OS. The summed E-state index contributed by atoms with van der Waals surface area (Å²) in [5.74, 6) is -0.155. The van der Waals surface area contributed by atoms with Crippen LogP contribution in [0.1, 0.15) is 50.6 Å². The Bertz CT molecular complexity index is 707. The Hall–Kier alpha value is -1.22. The number of carbonyl (C=O) groups excluding carboxylic acids is 1. The van der Waals surface area contributed by atoms with Crippen molar-refractivity contribution in [2.24, 2.45) is 0 Å². The Morgan fingerprint density at radius 1 is 1.27 bits per heavy atom. The number of thiazole rings is 1. The standard InChI is InChI=1S/C16H24N6OS.2ClH/c1-10-12(3)24-14(19-10)6-9-18-16(23)15-11(2)22(21-20-15)13-4-7-17-8-5-13;;/h13,17H,4-9H2,1-3H3,(H,18,23);2*1H. The summed E-state index contributed by atoms with van der Waals surface area (Å²) in [5, 5.41) is 15.6. The summed E-state index contributed by atoms with van der Waals surface area (Å²) in [6.45, 7) is 8.53. The second-order valence-corrected chi connectivity index (χ2v) is 7.49. The predicted molar refractivity (Wildman–Crippen MR) is 108 cm³/mol. The lowest BCUT2D eigenvalue weighted by Gasteiger charge is -2.23. The molecule has 1 aliphatic rings. The maximum Gasteiger partial charge on any atom is 0.273 e. The molecule has 0 atom stereocenters. The van der Waals surface area contributed by atoms with Crippen molar-refractivity contribution < 1.29 is 4.79 Å². The number of hydrogen-bond acceptors (Lipinski definition) is 6. The van der Waals surface area contributed by atoms with Crippen LogP contribution in [0.3, 0.4) is 0 Å². The zero-order valence-electron chi connectivity index (χ0n) is 15.2. The topological polar surface area (TPSA) is 84.7 Å². The number of nitrogens with one attached hydrogen (secondary N) is 2. The number of halogens is 2. The van der Waals surface area contributed by atoms with Crippen LogP contribution in [0, 0.1) is 20.8 Å². The Balaban J connectivity index is 0.00000169. The third-order valence-electron chi connectivity index (χ3n) is 4.49. The van der Waals surface area contributed by atoms with Gasteiger partial charge in [-0.3, -0.25) is 4.79 Å². The molecule has 0 aliphatic carbocycles. The van der Waals surface area contributed by atoms with Gasteiger partial charge in [0.2, 0.25) is 0 Å². The molecule has 0 unspecified atom stereocenters. The molecule has 3 rings (SSSR count). The lowest BCUT2D eigenvalue weighted by atomic mass is 10.1. The molecule has 0 radical (unpaired) electrons. The van der Waals surface area contributed by atoms with Crippen molar-refractivity contribution in [2.45, 2.75) is 46.1 Å². The first-order valence-corrected chi connectivity index (χ1v) is 9.21. The number of hydrogen-bond donors (Lipinski definition) is 2. The number of nitrogens with zero attached hydrogens (tertiary/aromatic N) is 4. The van der Waals surface area contributed by atoms with E-state index in [4.69, 9.17) is 0 Å². The van der Waals surface area contributed by atoms with Crippen molar-refractivity contribution in [1.82, 2.24) is 30.6 Å². The van der Waals surface area contributed by atoms with E-state index in [2.05, 4.69) is 32.9 Å². The van der Waals surface area contributed by atoms with Crippen LogP contribution >= 0.6 is 36.2 Å². The highest BCUT2D eigenvalue weighted by Crippen LogP contribution is 2.20. The molecule has 1 aliphatic heterocycles. The van der Waals surface area contributed by atoms with Crippen molar-refractivity contribution in [3.05, 3.63) is 27.0 Å². The molecule has 2 aromatic rings. The SMILES string of the molecule is Cc1nc(CCNC(=O)c2nnn(C3CCNCC3)c2C)sc1C.Cl.Cl. The van der Waals surface area contributed by atoms with Gasteiger partial charge in [0.15, 0.2) is 5.69 Å². The maximum atomic E-state index is 12.4. The molecule has 3 heterocycles. The normalized spacial score (nSPS) is 14.4. The highest BCUT2D eigenvalue weighted by Gasteiger charge is 2.22. The monoisotopic (exact) mass is 420 g/mol. The highest BCUT2D eigenvalue weighted by atomic mass is 35.5. The van der Waals surface area contributed by atoms with E-state index in [1.807, 2.05) is 18.5 Å². The maximum absolute atomic E-state index is 12.4. The number of rotatable bonds is 5. The Labute approximate surface area is 170 Å². The lowest BCUT2D eigenvalue weighted by molar-refractivity contribution is 0.0948. The van der Waals surface area contributed by atoms with E-state index < -0.39 is 0 Å². The third kappa shape index (κ3) is 5.16. The molecule has 0 saturated carbocycles. The molecule has 10 heteroatoms. The minimum Gasteiger partial charge on any atom is -0.350 e. The summed E-state index contributed by atoms with van der Waals surface area (Å²) < 4.78 is 1.91. The fraction of sp³-hybridized carbons (Fsp3) is 0.625. The van der Waals surface area contributed by atoms with Crippen molar-refractivity contribution >= 4 is 42.1 Å². The number of carbonyl (C=O) groups is 1. The zero-order valence-corrected chi connectivity index (χ0v) is 17.7. The molecule has 2 aromatic heterocycles. The minimum atomic E-state index is -0.155. The highest BCUT2D eigenvalue weighted by molar-refractivity contribution is 7.11. The smallest absolute Gasteiger partial charge is 0.273 e. The lowest BCUT2D eigenvalue weighted by Crippen LogP contribution is -2.30. The van der Waals surface area contributed by atoms with Crippen LogP contribution in [0.5, 0.6) is 0 Å². The molecule has 7 nitrogen and oxygen atoms in total. The zero-order chi connectivity index (χ0) is 17.1. The van der Waals surface area contributed by atoms with Crippen LogP contribution in [-0.2, 0) is 6.42 Å². The summed E-state index contributed by atoms with van der Waals surface area (Å²) in [4.78, 5) is 18.1. The van der Waals surface area contributed by atoms with E-state index in [1.54, 1.807) is 11.3 Å². The van der Waals surface area contributed by atoms with Gasteiger partial charge in [0.1, 0.15) is 0 Å². The van der Waals surface area contributed by atoms with Crippen molar-refractivity contribution in [3.8, 4) is 0 Å². The van der Waals surface area contributed by atoms with Gasteiger partial charge in [-0.25, -0.2) is 9.67 Å². The van der Waals surface area contributed by atoms with Gasteiger partial charge in [-0.05, 0) is 46.7 Å². The summed E-state index contributed by atoms with van der Waals surface area (Å²) in [5.41, 5.74) is 2.35. The second kappa shape index (κ2) is 10.2. The van der Waals surface area contributed by atoms with Gasteiger partial charge < -0.3 is 10.6 Å². The van der Waals surface area contributed by atoms with E-state index >= 15 is 0 Å². The van der Waals surface area contributed by atoms with Gasteiger partial charge in [-0.1, -0.05) is 5.21 Å². The molecule has 0 aromatic carbocycles. The summed E-state index contributed by atoms with van der Waals surface area (Å²) in [6, 6.07) is 0.335. The van der Waals surface area contributed by atoms with Crippen molar-refractivity contribution in [1.29, 1.82) is 0 Å². The van der Waals surface area contributed by atoms with E-state index in [-0.39, 0.29) is 30.7 Å². The van der Waals surface area contributed by atoms with Crippen molar-refractivity contribution in [3.63, 3.8) is 0 Å². The number of aryl methyl sites for hydroxylation is 2. The van der Waals surface area contributed by atoms with Crippen molar-refractivity contribution in [2.75, 3.05) is 19.6 Å². The van der Waals surface area contributed by atoms with E-state index in [0.29, 0.717) is 18.3 Å². The van der Waals surface area contributed by atoms with E-state index in [1.165, 1.54) is 4.88 Å². The van der Waals surface area contributed by atoms with Crippen LogP contribution in [0.2, 0.25) is 0 Å². The average molecular weight is 421 g/mol. The van der Waals surface area contributed by atoms with Crippen LogP contribution in [0.25, 0.3) is 0 Å². The van der Waals surface area contributed by atoms with Gasteiger partial charge in [0.25, 0.3) is 5.91 Å². The van der Waals surface area contributed by atoms with Gasteiger partial charge in [0, 0.05) is 17.8 Å². The molecule has 26 heavy (non-hydrogen) atoms. The number of aromatic nitrogens is 4. The molecule has 2 N–H and O–H groups in total. The molecule has 0 bridgehead atoms. The molecule has 0 spiro atoms. The van der Waals surface area contributed by atoms with E-state index in [0.717, 1.165) is 48.7 Å². The second-order valence-electron chi connectivity index (χ2n) is 6.20. The quantitative estimate of drug-likeness (QED) is 0.775. The Kier molecular flexibility index (Phi) is 8.95.